The summed E-state index contributed by atoms with van der Waals surface area (Å²) in [6, 6.07) is 11.7. The molecule has 2 heterocycles. The number of rotatable bonds is 4. The molecule has 0 atom stereocenters. The van der Waals surface area contributed by atoms with Gasteiger partial charge in [-0.05, 0) is 55.2 Å². The number of likely N-dealkylation sites (tertiary alicyclic amines) is 1. The number of carbonyl (C=O) groups excluding carboxylic acids is 2. The van der Waals surface area contributed by atoms with Crippen molar-refractivity contribution in [3.63, 3.8) is 0 Å². The molecule has 5 nitrogen and oxygen atoms in total. The zero-order chi connectivity index (χ0) is 21.3. The number of nitrogens with zero attached hydrogens (tertiary/aromatic N) is 1. The lowest BCUT2D eigenvalue weighted by molar-refractivity contribution is -0.136. The van der Waals surface area contributed by atoms with Crippen LogP contribution in [0.1, 0.15) is 53.2 Å². The van der Waals surface area contributed by atoms with Crippen molar-refractivity contribution in [2.24, 2.45) is 0 Å². The van der Waals surface area contributed by atoms with Gasteiger partial charge in [0.2, 0.25) is 0 Å². The van der Waals surface area contributed by atoms with Crippen molar-refractivity contribution in [2.45, 2.75) is 52.1 Å². The molecule has 158 valence electrons. The van der Waals surface area contributed by atoms with E-state index in [0.29, 0.717) is 43.7 Å². The molecule has 4 rings (SSSR count). The highest BCUT2D eigenvalue weighted by molar-refractivity contribution is 6.00. The average Bonchev–Trinajstić information content (AvgIpc) is 2.74. The lowest BCUT2D eigenvalue weighted by Gasteiger charge is -2.44. The van der Waals surface area contributed by atoms with Crippen LogP contribution < -0.4 is 9.47 Å². The summed E-state index contributed by atoms with van der Waals surface area (Å²) in [5.41, 5.74) is 3.51. The summed E-state index contributed by atoms with van der Waals surface area (Å²) >= 11 is 0. The molecule has 1 spiro atoms. The van der Waals surface area contributed by atoms with Gasteiger partial charge < -0.3 is 14.4 Å². The van der Waals surface area contributed by atoms with Gasteiger partial charge in [-0.25, -0.2) is 0 Å². The van der Waals surface area contributed by atoms with Crippen molar-refractivity contribution in [1.82, 2.24) is 4.90 Å². The maximum Gasteiger partial charge on any atom is 0.260 e. The van der Waals surface area contributed by atoms with Crippen LogP contribution in [0.15, 0.2) is 36.4 Å². The molecule has 0 aliphatic carbocycles. The predicted octanol–water partition coefficient (Wildman–Crippen LogP) is 4.27. The summed E-state index contributed by atoms with van der Waals surface area (Å²) in [6.07, 6.45) is 2.55. The van der Waals surface area contributed by atoms with Crippen LogP contribution in [0.2, 0.25) is 0 Å². The van der Waals surface area contributed by atoms with Crippen molar-refractivity contribution in [1.29, 1.82) is 0 Å². The monoisotopic (exact) mass is 407 g/mol. The largest absolute Gasteiger partial charge is 0.486 e. The molecule has 0 radical (unpaired) electrons. The third kappa shape index (κ3) is 3.93. The van der Waals surface area contributed by atoms with Gasteiger partial charge >= 0.3 is 0 Å². The van der Waals surface area contributed by atoms with E-state index in [0.717, 1.165) is 28.9 Å². The van der Waals surface area contributed by atoms with Crippen molar-refractivity contribution in [2.75, 3.05) is 19.7 Å². The Kier molecular flexibility index (Phi) is 5.54. The topological polar surface area (TPSA) is 55.8 Å². The normalized spacial score (nSPS) is 17.4. The smallest absolute Gasteiger partial charge is 0.260 e. The standard InChI is InChI=1S/C25H29NO4/c1-4-19-7-5-6-8-22(19)29-16-24(28)26-11-9-25(10-12-26)15-21(27)20-13-17(2)18(3)14-23(20)30-25/h5-8,13-14H,4,9-12,15-16H2,1-3H3. The minimum atomic E-state index is -0.502. The summed E-state index contributed by atoms with van der Waals surface area (Å²) in [4.78, 5) is 27.3. The van der Waals surface area contributed by atoms with E-state index in [4.69, 9.17) is 9.47 Å². The Labute approximate surface area is 178 Å². The Morgan fingerprint density at radius 2 is 1.83 bits per heavy atom. The number of hydrogen-bond acceptors (Lipinski definition) is 4. The fraction of sp³-hybridized carbons (Fsp3) is 0.440. The number of benzene rings is 2. The second kappa shape index (κ2) is 8.13. The first-order valence-electron chi connectivity index (χ1n) is 10.7. The Balaban J connectivity index is 1.38. The zero-order valence-corrected chi connectivity index (χ0v) is 18.0. The number of para-hydroxylation sites is 1. The Morgan fingerprint density at radius 1 is 1.13 bits per heavy atom. The molecule has 5 heteroatoms. The summed E-state index contributed by atoms with van der Waals surface area (Å²) in [5, 5.41) is 0. The Morgan fingerprint density at radius 3 is 2.57 bits per heavy atom. The van der Waals surface area contributed by atoms with Crippen LogP contribution in [0.4, 0.5) is 0 Å². The first-order chi connectivity index (χ1) is 14.4. The minimum Gasteiger partial charge on any atom is -0.486 e. The first-order valence-corrected chi connectivity index (χ1v) is 10.7. The highest BCUT2D eigenvalue weighted by Crippen LogP contribution is 2.40. The predicted molar refractivity (Wildman–Crippen MR) is 115 cm³/mol. The molecule has 2 aromatic carbocycles. The van der Waals surface area contributed by atoms with Crippen LogP contribution in [-0.4, -0.2) is 41.9 Å². The van der Waals surface area contributed by atoms with Crippen LogP contribution in [0.3, 0.4) is 0 Å². The lowest BCUT2D eigenvalue weighted by atomic mass is 9.82. The molecular formula is C25H29NO4. The summed E-state index contributed by atoms with van der Waals surface area (Å²) < 4.78 is 12.2. The number of Topliss-reactive ketones (excluding diaryl/α,β-unsaturated/α-hetero) is 1. The second-order valence-corrected chi connectivity index (χ2v) is 8.45. The van der Waals surface area contributed by atoms with Gasteiger partial charge in [-0.2, -0.15) is 0 Å². The zero-order valence-electron chi connectivity index (χ0n) is 18.0. The molecule has 1 saturated heterocycles. The number of fused-ring (bicyclic) bond motifs is 1. The molecule has 0 bridgehead atoms. The molecule has 1 fully saturated rings. The highest BCUT2D eigenvalue weighted by atomic mass is 16.5. The van der Waals surface area contributed by atoms with Gasteiger partial charge in [0.1, 0.15) is 17.1 Å². The minimum absolute atomic E-state index is 0.0234. The molecule has 0 N–H and O–H groups in total. The van der Waals surface area contributed by atoms with Gasteiger partial charge in [0.15, 0.2) is 12.4 Å². The van der Waals surface area contributed by atoms with E-state index in [9.17, 15) is 9.59 Å². The van der Waals surface area contributed by atoms with Crippen molar-refractivity contribution in [3.8, 4) is 11.5 Å². The van der Waals surface area contributed by atoms with E-state index < -0.39 is 5.60 Å². The van der Waals surface area contributed by atoms with Crippen LogP contribution in [0.5, 0.6) is 11.5 Å². The maximum atomic E-state index is 12.8. The number of piperidine rings is 1. The first kappa shape index (κ1) is 20.5. The summed E-state index contributed by atoms with van der Waals surface area (Å²) in [7, 11) is 0. The van der Waals surface area contributed by atoms with Crippen LogP contribution >= 0.6 is 0 Å². The molecule has 30 heavy (non-hydrogen) atoms. The lowest BCUT2D eigenvalue weighted by Crippen LogP contribution is -2.53. The number of aryl methyl sites for hydroxylation is 3. The maximum absolute atomic E-state index is 12.8. The van der Waals surface area contributed by atoms with E-state index in [-0.39, 0.29) is 18.3 Å². The van der Waals surface area contributed by atoms with E-state index in [2.05, 4.69) is 6.92 Å². The van der Waals surface area contributed by atoms with E-state index >= 15 is 0 Å². The Bertz CT molecular complexity index is 973. The van der Waals surface area contributed by atoms with Crippen molar-refractivity contribution >= 4 is 11.7 Å². The molecule has 0 aromatic heterocycles. The fourth-order valence-corrected chi connectivity index (χ4v) is 4.36. The number of hydrogen-bond donors (Lipinski definition) is 0. The summed E-state index contributed by atoms with van der Waals surface area (Å²) in [5.74, 6) is 1.57. The average molecular weight is 408 g/mol. The van der Waals surface area contributed by atoms with E-state index in [1.165, 1.54) is 0 Å². The molecule has 1 amide bonds. The summed E-state index contributed by atoms with van der Waals surface area (Å²) in [6.45, 7) is 7.29. The third-order valence-corrected chi connectivity index (χ3v) is 6.44. The number of carbonyl (C=O) groups is 2. The molecular weight excluding hydrogens is 378 g/mol. The third-order valence-electron chi connectivity index (χ3n) is 6.44. The molecule has 2 aromatic rings. The molecule has 2 aliphatic heterocycles. The highest BCUT2D eigenvalue weighted by Gasteiger charge is 2.43. The fourth-order valence-electron chi connectivity index (χ4n) is 4.36. The molecule has 2 aliphatic rings. The number of ketones is 1. The number of amides is 1. The second-order valence-electron chi connectivity index (χ2n) is 8.45. The van der Waals surface area contributed by atoms with Gasteiger partial charge in [0.25, 0.3) is 5.91 Å². The van der Waals surface area contributed by atoms with E-state index in [1.807, 2.05) is 55.1 Å². The van der Waals surface area contributed by atoms with Crippen LogP contribution in [0, 0.1) is 13.8 Å². The van der Waals surface area contributed by atoms with Gasteiger partial charge in [0.05, 0.1) is 12.0 Å². The quantitative estimate of drug-likeness (QED) is 0.759. The number of ether oxygens (including phenoxy) is 2. The SMILES string of the molecule is CCc1ccccc1OCC(=O)N1CCC2(CC1)CC(=O)c1cc(C)c(C)cc1O2. The van der Waals surface area contributed by atoms with E-state index in [1.54, 1.807) is 0 Å². The van der Waals surface area contributed by atoms with Crippen molar-refractivity contribution < 1.29 is 19.1 Å². The molecule has 0 saturated carbocycles. The van der Waals surface area contributed by atoms with Crippen molar-refractivity contribution in [3.05, 3.63) is 58.7 Å². The van der Waals surface area contributed by atoms with Crippen LogP contribution in [0.25, 0.3) is 0 Å². The van der Waals surface area contributed by atoms with Gasteiger partial charge in [-0.15, -0.1) is 0 Å². The Hall–Kier alpha value is -2.82. The molecule has 0 unspecified atom stereocenters. The van der Waals surface area contributed by atoms with Gasteiger partial charge in [-0.1, -0.05) is 25.1 Å². The van der Waals surface area contributed by atoms with Crippen LogP contribution in [-0.2, 0) is 11.2 Å². The van der Waals surface area contributed by atoms with Gasteiger partial charge in [0, 0.05) is 25.9 Å². The van der Waals surface area contributed by atoms with Gasteiger partial charge in [-0.3, -0.25) is 9.59 Å².